The van der Waals surface area contributed by atoms with Crippen LogP contribution in [0.1, 0.15) is 5.56 Å². The average Bonchev–Trinajstić information content (AvgIpc) is 2.20. The molecule has 0 spiro atoms. The Bertz CT molecular complexity index is 328. The number of oxime groups is 1. The topological polar surface area (TPSA) is 67.8 Å². The molecule has 1 aromatic carbocycles. The fraction of sp³-hybridized carbons (Fsp3) is 0.222. The standard InChI is InChI=1S/C9H11BrN2O2/c10-8-4-2-1-3-7(8)5-14-6-9(11)12-13/h1-4,13H,5-6H2,(H2,11,12). The zero-order valence-electron chi connectivity index (χ0n) is 7.48. The first-order chi connectivity index (χ1) is 6.74. The van der Waals surface area contributed by atoms with Crippen molar-refractivity contribution in [2.75, 3.05) is 6.61 Å². The molecule has 5 heteroatoms. The van der Waals surface area contributed by atoms with Crippen molar-refractivity contribution in [2.24, 2.45) is 10.9 Å². The van der Waals surface area contributed by atoms with Gasteiger partial charge in [-0.15, -0.1) is 0 Å². The van der Waals surface area contributed by atoms with Gasteiger partial charge in [0.2, 0.25) is 0 Å². The van der Waals surface area contributed by atoms with Crippen molar-refractivity contribution in [1.29, 1.82) is 0 Å². The molecular formula is C9H11BrN2O2. The lowest BCUT2D eigenvalue weighted by molar-refractivity contribution is 0.154. The molecule has 0 atom stereocenters. The van der Waals surface area contributed by atoms with Gasteiger partial charge in [0.15, 0.2) is 5.84 Å². The molecule has 0 aliphatic heterocycles. The molecule has 3 N–H and O–H groups in total. The van der Waals surface area contributed by atoms with E-state index in [-0.39, 0.29) is 12.4 Å². The molecule has 0 aliphatic rings. The summed E-state index contributed by atoms with van der Waals surface area (Å²) in [7, 11) is 0. The van der Waals surface area contributed by atoms with Gasteiger partial charge in [-0.25, -0.2) is 0 Å². The Morgan fingerprint density at radius 3 is 2.86 bits per heavy atom. The second-order valence-corrected chi connectivity index (χ2v) is 3.53. The van der Waals surface area contributed by atoms with Crippen LogP contribution in [-0.4, -0.2) is 17.6 Å². The molecule has 0 amide bonds. The zero-order valence-corrected chi connectivity index (χ0v) is 9.07. The van der Waals surface area contributed by atoms with Crippen LogP contribution in [0.25, 0.3) is 0 Å². The number of benzene rings is 1. The van der Waals surface area contributed by atoms with E-state index in [0.717, 1.165) is 10.0 Å². The normalized spacial score (nSPS) is 11.6. The van der Waals surface area contributed by atoms with Gasteiger partial charge in [-0.3, -0.25) is 0 Å². The third-order valence-electron chi connectivity index (χ3n) is 1.59. The van der Waals surface area contributed by atoms with Crippen LogP contribution < -0.4 is 5.73 Å². The maximum absolute atomic E-state index is 8.26. The van der Waals surface area contributed by atoms with Crippen LogP contribution in [0.15, 0.2) is 33.9 Å². The molecule has 0 aromatic heterocycles. The first kappa shape index (κ1) is 11.0. The summed E-state index contributed by atoms with van der Waals surface area (Å²) in [4.78, 5) is 0. The van der Waals surface area contributed by atoms with Gasteiger partial charge in [0, 0.05) is 4.47 Å². The summed E-state index contributed by atoms with van der Waals surface area (Å²) in [5, 5.41) is 11.1. The van der Waals surface area contributed by atoms with E-state index in [9.17, 15) is 0 Å². The minimum Gasteiger partial charge on any atom is -0.409 e. The largest absolute Gasteiger partial charge is 0.409 e. The summed E-state index contributed by atoms with van der Waals surface area (Å²) in [6.07, 6.45) is 0. The van der Waals surface area contributed by atoms with E-state index in [1.165, 1.54) is 0 Å². The van der Waals surface area contributed by atoms with Crippen LogP contribution in [0.3, 0.4) is 0 Å². The number of halogens is 1. The molecule has 0 bridgehead atoms. The number of rotatable bonds is 4. The van der Waals surface area contributed by atoms with Crippen molar-refractivity contribution in [1.82, 2.24) is 0 Å². The third-order valence-corrected chi connectivity index (χ3v) is 2.37. The van der Waals surface area contributed by atoms with Crippen molar-refractivity contribution in [3.05, 3.63) is 34.3 Å². The Kier molecular flexibility index (Phi) is 4.42. The van der Waals surface area contributed by atoms with E-state index in [0.29, 0.717) is 6.61 Å². The molecule has 14 heavy (non-hydrogen) atoms. The predicted molar refractivity (Wildman–Crippen MR) is 57.2 cm³/mol. The summed E-state index contributed by atoms with van der Waals surface area (Å²) in [5.74, 6) is 0.0667. The molecule has 0 heterocycles. The van der Waals surface area contributed by atoms with Crippen molar-refractivity contribution in [2.45, 2.75) is 6.61 Å². The van der Waals surface area contributed by atoms with E-state index in [4.69, 9.17) is 15.7 Å². The molecule has 0 radical (unpaired) electrons. The molecule has 0 saturated carbocycles. The number of amidine groups is 1. The minimum atomic E-state index is 0.0667. The highest BCUT2D eigenvalue weighted by Gasteiger charge is 1.99. The highest BCUT2D eigenvalue weighted by atomic mass is 79.9. The Balaban J connectivity index is 2.43. The second-order valence-electron chi connectivity index (χ2n) is 2.68. The fourth-order valence-corrected chi connectivity index (χ4v) is 1.31. The monoisotopic (exact) mass is 258 g/mol. The number of ether oxygens (including phenoxy) is 1. The lowest BCUT2D eigenvalue weighted by Gasteiger charge is -2.04. The molecule has 1 rings (SSSR count). The zero-order chi connectivity index (χ0) is 10.4. The molecule has 0 aliphatic carbocycles. The SMILES string of the molecule is N/C(COCc1ccccc1Br)=N/O. The lowest BCUT2D eigenvalue weighted by Crippen LogP contribution is -2.18. The predicted octanol–water partition coefficient (Wildman–Crippen LogP) is 1.71. The maximum Gasteiger partial charge on any atom is 0.165 e. The smallest absolute Gasteiger partial charge is 0.165 e. The second kappa shape index (κ2) is 5.62. The lowest BCUT2D eigenvalue weighted by atomic mass is 10.2. The van der Waals surface area contributed by atoms with Crippen molar-refractivity contribution < 1.29 is 9.94 Å². The Hall–Kier alpha value is -1.07. The Morgan fingerprint density at radius 1 is 1.50 bits per heavy atom. The van der Waals surface area contributed by atoms with Crippen molar-refractivity contribution in [3.8, 4) is 0 Å². The number of nitrogens with two attached hydrogens (primary N) is 1. The molecule has 0 unspecified atom stereocenters. The average molecular weight is 259 g/mol. The van der Waals surface area contributed by atoms with Gasteiger partial charge in [0.1, 0.15) is 6.61 Å². The van der Waals surface area contributed by atoms with E-state index < -0.39 is 0 Å². The minimum absolute atomic E-state index is 0.0667. The maximum atomic E-state index is 8.26. The van der Waals surface area contributed by atoms with Crippen LogP contribution in [0, 0.1) is 0 Å². The van der Waals surface area contributed by atoms with Crippen LogP contribution >= 0.6 is 15.9 Å². The van der Waals surface area contributed by atoms with Gasteiger partial charge >= 0.3 is 0 Å². The summed E-state index contributed by atoms with van der Waals surface area (Å²) in [6.45, 7) is 0.551. The number of nitrogens with zero attached hydrogens (tertiary/aromatic N) is 1. The first-order valence-corrected chi connectivity index (χ1v) is 4.81. The van der Waals surface area contributed by atoms with Crippen molar-refractivity contribution >= 4 is 21.8 Å². The summed E-state index contributed by atoms with van der Waals surface area (Å²) in [6, 6.07) is 7.72. The van der Waals surface area contributed by atoms with Crippen LogP contribution in [-0.2, 0) is 11.3 Å². The Morgan fingerprint density at radius 2 is 2.21 bits per heavy atom. The van der Waals surface area contributed by atoms with Gasteiger partial charge in [-0.05, 0) is 11.6 Å². The number of hydrogen-bond donors (Lipinski definition) is 2. The van der Waals surface area contributed by atoms with E-state index in [1.807, 2.05) is 24.3 Å². The molecule has 0 fully saturated rings. The van der Waals surface area contributed by atoms with Crippen LogP contribution in [0.2, 0.25) is 0 Å². The molecule has 4 nitrogen and oxygen atoms in total. The molecular weight excluding hydrogens is 248 g/mol. The first-order valence-electron chi connectivity index (χ1n) is 4.01. The highest BCUT2D eigenvalue weighted by Crippen LogP contribution is 2.16. The quantitative estimate of drug-likeness (QED) is 0.374. The fourth-order valence-electron chi connectivity index (χ4n) is 0.910. The highest BCUT2D eigenvalue weighted by molar-refractivity contribution is 9.10. The van der Waals surface area contributed by atoms with Gasteiger partial charge in [-0.2, -0.15) is 0 Å². The van der Waals surface area contributed by atoms with Crippen LogP contribution in [0.5, 0.6) is 0 Å². The molecule has 0 saturated heterocycles. The summed E-state index contributed by atoms with van der Waals surface area (Å²) < 4.78 is 6.19. The number of hydrogen-bond acceptors (Lipinski definition) is 3. The van der Waals surface area contributed by atoms with Gasteiger partial charge in [-0.1, -0.05) is 39.3 Å². The third kappa shape index (κ3) is 3.35. The van der Waals surface area contributed by atoms with Crippen LogP contribution in [0.4, 0.5) is 0 Å². The van der Waals surface area contributed by atoms with E-state index in [2.05, 4.69) is 21.1 Å². The summed E-state index contributed by atoms with van der Waals surface area (Å²) >= 11 is 3.39. The molecule has 1 aromatic rings. The Labute approximate surface area is 90.5 Å². The summed E-state index contributed by atoms with van der Waals surface area (Å²) in [5.41, 5.74) is 6.26. The van der Waals surface area contributed by atoms with E-state index >= 15 is 0 Å². The van der Waals surface area contributed by atoms with Gasteiger partial charge < -0.3 is 15.7 Å². The van der Waals surface area contributed by atoms with Gasteiger partial charge in [0.25, 0.3) is 0 Å². The van der Waals surface area contributed by atoms with Crippen molar-refractivity contribution in [3.63, 3.8) is 0 Å². The van der Waals surface area contributed by atoms with Gasteiger partial charge in [0.05, 0.1) is 6.61 Å². The molecule has 76 valence electrons. The van der Waals surface area contributed by atoms with E-state index in [1.54, 1.807) is 0 Å².